The molecule has 0 saturated heterocycles. The zero-order valence-corrected chi connectivity index (χ0v) is 10.1. The summed E-state index contributed by atoms with van der Waals surface area (Å²) < 4.78 is 0. The number of aryl methyl sites for hydroxylation is 2. The molecule has 0 aliphatic heterocycles. The molecule has 0 radical (unpaired) electrons. The Morgan fingerprint density at radius 3 is 2.33 bits per heavy atom. The minimum absolute atomic E-state index is 0.0506. The summed E-state index contributed by atoms with van der Waals surface area (Å²) in [5.74, 6) is 5.61. The van der Waals surface area contributed by atoms with Crippen LogP contribution in [-0.2, 0) is 0 Å². The van der Waals surface area contributed by atoms with Gasteiger partial charge >= 0.3 is 0 Å². The van der Waals surface area contributed by atoms with Crippen molar-refractivity contribution in [1.29, 1.82) is 0 Å². The highest BCUT2D eigenvalue weighted by molar-refractivity contribution is 5.25. The molecule has 0 aromatic carbocycles. The first-order valence-corrected chi connectivity index (χ1v) is 5.13. The second-order valence-electron chi connectivity index (χ2n) is 4.99. The normalized spacial score (nSPS) is 14.0. The third kappa shape index (κ3) is 2.73. The van der Waals surface area contributed by atoms with Gasteiger partial charge in [0.05, 0.1) is 17.4 Å². The number of nitrogens with zero attached hydrogens (tertiary/aromatic N) is 2. The van der Waals surface area contributed by atoms with E-state index in [4.69, 9.17) is 5.84 Å². The number of rotatable bonds is 2. The van der Waals surface area contributed by atoms with E-state index in [9.17, 15) is 0 Å². The third-order valence-electron chi connectivity index (χ3n) is 2.48. The van der Waals surface area contributed by atoms with Gasteiger partial charge in [-0.1, -0.05) is 20.8 Å². The monoisotopic (exact) mass is 208 g/mol. The minimum Gasteiger partial charge on any atom is -0.271 e. The zero-order chi connectivity index (χ0) is 11.6. The van der Waals surface area contributed by atoms with Crippen LogP contribution in [0.3, 0.4) is 0 Å². The van der Waals surface area contributed by atoms with Gasteiger partial charge in [0.25, 0.3) is 0 Å². The van der Waals surface area contributed by atoms with Crippen LogP contribution >= 0.6 is 0 Å². The van der Waals surface area contributed by atoms with Gasteiger partial charge in [0.2, 0.25) is 0 Å². The van der Waals surface area contributed by atoms with E-state index in [1.807, 2.05) is 19.9 Å². The summed E-state index contributed by atoms with van der Waals surface area (Å²) in [7, 11) is 0. The molecule has 4 nitrogen and oxygen atoms in total. The zero-order valence-electron chi connectivity index (χ0n) is 10.1. The van der Waals surface area contributed by atoms with E-state index in [0.29, 0.717) is 0 Å². The smallest absolute Gasteiger partial charge is 0.0648 e. The van der Waals surface area contributed by atoms with Gasteiger partial charge < -0.3 is 0 Å². The number of hydrogen-bond acceptors (Lipinski definition) is 4. The Labute approximate surface area is 91.3 Å². The lowest BCUT2D eigenvalue weighted by Gasteiger charge is -2.31. The molecule has 1 aromatic heterocycles. The third-order valence-corrected chi connectivity index (χ3v) is 2.48. The SMILES string of the molecule is Cc1cc(C(NN)C(C)(C)C)c(C)nn1. The van der Waals surface area contributed by atoms with Crippen LogP contribution in [0, 0.1) is 19.3 Å². The number of nitrogens with one attached hydrogen (secondary N) is 1. The van der Waals surface area contributed by atoms with E-state index in [0.717, 1.165) is 17.0 Å². The largest absolute Gasteiger partial charge is 0.271 e. The molecule has 3 N–H and O–H groups in total. The lowest BCUT2D eigenvalue weighted by molar-refractivity contribution is 0.273. The Kier molecular flexibility index (Phi) is 3.42. The van der Waals surface area contributed by atoms with Crippen LogP contribution in [0.25, 0.3) is 0 Å². The first kappa shape index (κ1) is 12.1. The molecule has 1 atom stereocenters. The minimum atomic E-state index is 0.0506. The Morgan fingerprint density at radius 1 is 1.27 bits per heavy atom. The Bertz CT molecular complexity index is 341. The van der Waals surface area contributed by atoms with E-state index in [2.05, 4.69) is 36.4 Å². The number of hydrogen-bond donors (Lipinski definition) is 2. The summed E-state index contributed by atoms with van der Waals surface area (Å²) >= 11 is 0. The van der Waals surface area contributed by atoms with Crippen molar-refractivity contribution in [3.63, 3.8) is 0 Å². The van der Waals surface area contributed by atoms with E-state index in [-0.39, 0.29) is 11.5 Å². The number of nitrogens with two attached hydrogens (primary N) is 1. The lowest BCUT2D eigenvalue weighted by atomic mass is 9.82. The van der Waals surface area contributed by atoms with Crippen molar-refractivity contribution in [2.45, 2.75) is 40.7 Å². The predicted molar refractivity (Wildman–Crippen MR) is 61.0 cm³/mol. The van der Waals surface area contributed by atoms with E-state index in [1.165, 1.54) is 0 Å². The Balaban J connectivity index is 3.18. The lowest BCUT2D eigenvalue weighted by Crippen LogP contribution is -2.37. The second kappa shape index (κ2) is 4.24. The summed E-state index contributed by atoms with van der Waals surface area (Å²) in [4.78, 5) is 0. The summed E-state index contributed by atoms with van der Waals surface area (Å²) in [5.41, 5.74) is 5.88. The van der Waals surface area contributed by atoms with Crippen molar-refractivity contribution in [3.05, 3.63) is 23.0 Å². The van der Waals surface area contributed by atoms with Gasteiger partial charge in [-0.15, -0.1) is 0 Å². The van der Waals surface area contributed by atoms with Gasteiger partial charge in [0, 0.05) is 0 Å². The molecule has 4 heteroatoms. The fourth-order valence-corrected chi connectivity index (χ4v) is 1.67. The maximum absolute atomic E-state index is 5.61. The van der Waals surface area contributed by atoms with Gasteiger partial charge in [0.15, 0.2) is 0 Å². The highest BCUT2D eigenvalue weighted by Gasteiger charge is 2.27. The van der Waals surface area contributed by atoms with Crippen molar-refractivity contribution < 1.29 is 0 Å². The molecule has 1 heterocycles. The fraction of sp³-hybridized carbons (Fsp3) is 0.636. The van der Waals surface area contributed by atoms with Crippen LogP contribution in [0.15, 0.2) is 6.07 Å². The molecule has 1 unspecified atom stereocenters. The molecule has 1 rings (SSSR count). The van der Waals surface area contributed by atoms with Gasteiger partial charge in [0.1, 0.15) is 0 Å². The van der Waals surface area contributed by atoms with Gasteiger partial charge in [-0.05, 0) is 30.9 Å². The molecule has 15 heavy (non-hydrogen) atoms. The van der Waals surface area contributed by atoms with E-state index >= 15 is 0 Å². The average Bonchev–Trinajstić information content (AvgIpc) is 2.10. The van der Waals surface area contributed by atoms with Crippen LogP contribution < -0.4 is 11.3 Å². The Morgan fingerprint density at radius 2 is 1.87 bits per heavy atom. The van der Waals surface area contributed by atoms with Crippen molar-refractivity contribution in [2.24, 2.45) is 11.3 Å². The molecule has 1 aromatic rings. The molecular weight excluding hydrogens is 188 g/mol. The van der Waals surface area contributed by atoms with Crippen LogP contribution in [0.4, 0.5) is 0 Å². The van der Waals surface area contributed by atoms with Crippen LogP contribution in [0.5, 0.6) is 0 Å². The quantitative estimate of drug-likeness (QED) is 0.573. The van der Waals surface area contributed by atoms with Crippen molar-refractivity contribution in [2.75, 3.05) is 0 Å². The highest BCUT2D eigenvalue weighted by atomic mass is 15.2. The molecule has 84 valence electrons. The predicted octanol–water partition coefficient (Wildman–Crippen LogP) is 1.64. The van der Waals surface area contributed by atoms with E-state index < -0.39 is 0 Å². The maximum Gasteiger partial charge on any atom is 0.0648 e. The summed E-state index contributed by atoms with van der Waals surface area (Å²) in [6.07, 6.45) is 0. The summed E-state index contributed by atoms with van der Waals surface area (Å²) in [6, 6.07) is 2.13. The van der Waals surface area contributed by atoms with E-state index in [1.54, 1.807) is 0 Å². The van der Waals surface area contributed by atoms with Gasteiger partial charge in [-0.2, -0.15) is 10.2 Å². The summed E-state index contributed by atoms with van der Waals surface area (Å²) in [5, 5.41) is 8.13. The molecular formula is C11H20N4. The molecule has 0 aliphatic carbocycles. The molecule has 0 aliphatic rings. The van der Waals surface area contributed by atoms with Crippen LogP contribution in [0.1, 0.15) is 43.8 Å². The molecule has 0 amide bonds. The van der Waals surface area contributed by atoms with Gasteiger partial charge in [-0.3, -0.25) is 11.3 Å². The average molecular weight is 208 g/mol. The fourth-order valence-electron chi connectivity index (χ4n) is 1.67. The number of hydrazine groups is 1. The van der Waals surface area contributed by atoms with Gasteiger partial charge in [-0.25, -0.2) is 0 Å². The first-order valence-electron chi connectivity index (χ1n) is 5.13. The van der Waals surface area contributed by atoms with Crippen molar-refractivity contribution in [1.82, 2.24) is 15.6 Å². The van der Waals surface area contributed by atoms with Crippen LogP contribution in [0.2, 0.25) is 0 Å². The standard InChI is InChI=1S/C11H20N4/c1-7-6-9(8(2)15-14-7)10(13-12)11(3,4)5/h6,10,13H,12H2,1-5H3. The second-order valence-corrected chi connectivity index (χ2v) is 4.99. The topological polar surface area (TPSA) is 63.8 Å². The molecule has 0 saturated carbocycles. The molecule has 0 spiro atoms. The Hall–Kier alpha value is -1.00. The van der Waals surface area contributed by atoms with Crippen LogP contribution in [-0.4, -0.2) is 10.2 Å². The van der Waals surface area contributed by atoms with Crippen molar-refractivity contribution in [3.8, 4) is 0 Å². The molecule has 0 fully saturated rings. The highest BCUT2D eigenvalue weighted by Crippen LogP contribution is 2.33. The molecule has 0 bridgehead atoms. The number of aromatic nitrogens is 2. The van der Waals surface area contributed by atoms with Crippen molar-refractivity contribution >= 4 is 0 Å². The maximum atomic E-state index is 5.61. The summed E-state index contributed by atoms with van der Waals surface area (Å²) in [6.45, 7) is 10.3. The first-order chi connectivity index (χ1) is 6.86.